The highest BCUT2D eigenvalue weighted by molar-refractivity contribution is 5.70. The van der Waals surface area contributed by atoms with Gasteiger partial charge in [0.1, 0.15) is 0 Å². The van der Waals surface area contributed by atoms with Crippen molar-refractivity contribution in [1.29, 1.82) is 0 Å². The summed E-state index contributed by atoms with van der Waals surface area (Å²) in [4.78, 5) is 0. The van der Waals surface area contributed by atoms with Crippen LogP contribution in [-0.4, -0.2) is 0 Å². The van der Waals surface area contributed by atoms with E-state index in [1.165, 1.54) is 0 Å². The van der Waals surface area contributed by atoms with Crippen LogP contribution in [0.5, 0.6) is 0 Å². The van der Waals surface area contributed by atoms with Gasteiger partial charge in [0.2, 0.25) is 0 Å². The van der Waals surface area contributed by atoms with Gasteiger partial charge in [-0.3, -0.25) is 0 Å². The van der Waals surface area contributed by atoms with Crippen LogP contribution in [0.3, 0.4) is 0 Å². The first-order chi connectivity index (χ1) is 11.6. The van der Waals surface area contributed by atoms with Gasteiger partial charge >= 0.3 is 0 Å². The lowest BCUT2D eigenvalue weighted by Crippen LogP contribution is -1.85. The summed E-state index contributed by atoms with van der Waals surface area (Å²) in [5, 5.41) is 0. The Labute approximate surface area is 143 Å². The van der Waals surface area contributed by atoms with Crippen molar-refractivity contribution in [1.82, 2.24) is 0 Å². The molecule has 0 fully saturated rings. The van der Waals surface area contributed by atoms with Gasteiger partial charge in [0.25, 0.3) is 0 Å². The van der Waals surface area contributed by atoms with Crippen molar-refractivity contribution in [3.05, 3.63) is 33.4 Å². The van der Waals surface area contributed by atoms with Gasteiger partial charge in [-0.05, 0) is 35.5 Å². The molecule has 1 rings (SSSR count). The van der Waals surface area contributed by atoms with Gasteiger partial charge in [-0.1, -0.05) is 35.5 Å². The highest BCUT2D eigenvalue weighted by Gasteiger charge is 2.03. The molecular formula is C24H6. The molecule has 0 spiro atoms. The zero-order valence-electron chi connectivity index (χ0n) is 12.5. The van der Waals surface area contributed by atoms with Crippen molar-refractivity contribution in [3.63, 3.8) is 0 Å². The van der Waals surface area contributed by atoms with Crippen molar-refractivity contribution in [2.24, 2.45) is 0 Å². The minimum absolute atomic E-state index is 0.182. The average molecular weight is 294 g/mol. The molecule has 0 N–H and O–H groups in total. The molecule has 0 heterocycles. The van der Waals surface area contributed by atoms with Gasteiger partial charge in [0.05, 0.1) is 33.4 Å². The van der Waals surface area contributed by atoms with E-state index in [-0.39, 0.29) is 33.4 Å². The van der Waals surface area contributed by atoms with Gasteiger partial charge in [0.15, 0.2) is 0 Å². The van der Waals surface area contributed by atoms with Crippen LogP contribution in [0.25, 0.3) is 0 Å². The molecule has 0 unspecified atom stereocenters. The van der Waals surface area contributed by atoms with Crippen LogP contribution in [0, 0.1) is 110 Å². The molecule has 0 saturated heterocycles. The Morgan fingerprint density at radius 2 is 0.583 bits per heavy atom. The summed E-state index contributed by atoms with van der Waals surface area (Å²) in [6.45, 7) is 0. The first-order valence-corrected chi connectivity index (χ1v) is 6.23. The fourth-order valence-electron chi connectivity index (χ4n) is 1.40. The lowest BCUT2D eigenvalue weighted by atomic mass is 10.1. The molecule has 0 atom stereocenters. The molecule has 0 aromatic carbocycles. The average Bonchev–Trinajstić information content (AvgIpc) is 2.71. The lowest BCUT2D eigenvalue weighted by molar-refractivity contribution is 1.74. The summed E-state index contributed by atoms with van der Waals surface area (Å²) >= 11 is 0. The van der Waals surface area contributed by atoms with Gasteiger partial charge in [0, 0.05) is 0 Å². The largest absolute Gasteiger partial charge is 0.114 e. The fourth-order valence-corrected chi connectivity index (χ4v) is 1.40. The zero-order chi connectivity index (χ0) is 17.9. The highest BCUT2D eigenvalue weighted by atomic mass is 14.0. The Morgan fingerprint density at radius 1 is 0.417 bits per heavy atom. The summed E-state index contributed by atoms with van der Waals surface area (Å²) < 4.78 is 0. The highest BCUT2D eigenvalue weighted by Crippen LogP contribution is 2.09. The minimum atomic E-state index is 0.182. The van der Waals surface area contributed by atoms with E-state index in [0.29, 0.717) is 0 Å². The van der Waals surface area contributed by atoms with Crippen molar-refractivity contribution in [3.8, 4) is 110 Å². The third kappa shape index (κ3) is 3.89. The van der Waals surface area contributed by atoms with E-state index in [0.717, 1.165) is 0 Å². The van der Waals surface area contributed by atoms with Gasteiger partial charge in [-0.25, -0.2) is 0 Å². The molecule has 0 aromatic rings. The van der Waals surface area contributed by atoms with Crippen LogP contribution in [0.2, 0.25) is 0 Å². The van der Waals surface area contributed by atoms with E-state index < -0.39 is 0 Å². The Morgan fingerprint density at radius 3 is 0.708 bits per heavy atom. The fraction of sp³-hybridized carbons (Fsp3) is 0. The Kier molecular flexibility index (Phi) is 6.15. The summed E-state index contributed by atoms with van der Waals surface area (Å²) in [5.41, 5.74) is 1.26. The van der Waals surface area contributed by atoms with Gasteiger partial charge < -0.3 is 0 Å². The molecule has 0 amide bonds. The molecule has 1 aliphatic carbocycles. The van der Waals surface area contributed by atoms with Crippen LogP contribution in [-0.2, 0) is 0 Å². The van der Waals surface area contributed by atoms with E-state index >= 15 is 0 Å². The Balaban J connectivity index is 3.98. The maximum Gasteiger partial charge on any atom is 0.0993 e. The third-order valence-electron chi connectivity index (χ3n) is 2.55. The standard InChI is InChI=1S/C24H6/c1-7-19(8-2)22-13-15-23(20(9-3)10-4)17-18-24(16-14-22)21(11-5)12-6/h1-6H. The van der Waals surface area contributed by atoms with Crippen LogP contribution in [0.1, 0.15) is 0 Å². The molecule has 0 heteroatoms. The molecule has 0 saturated carbocycles. The molecular weight excluding hydrogens is 288 g/mol. The molecule has 0 bridgehead atoms. The molecule has 0 nitrogen and oxygen atoms in total. The number of allylic oxidation sites excluding steroid dienone is 6. The molecule has 0 aromatic heterocycles. The monoisotopic (exact) mass is 294 g/mol. The van der Waals surface area contributed by atoms with Crippen LogP contribution in [0.15, 0.2) is 33.4 Å². The lowest BCUT2D eigenvalue weighted by Gasteiger charge is -1.90. The molecule has 24 heavy (non-hydrogen) atoms. The summed E-state index contributed by atoms with van der Waals surface area (Å²) in [6, 6.07) is 0. The number of hydrogen-bond acceptors (Lipinski definition) is 0. The number of hydrogen-bond donors (Lipinski definition) is 0. The second-order valence-corrected chi connectivity index (χ2v) is 3.87. The topological polar surface area (TPSA) is 0 Å². The van der Waals surface area contributed by atoms with E-state index in [1.54, 1.807) is 0 Å². The van der Waals surface area contributed by atoms with Crippen molar-refractivity contribution in [2.75, 3.05) is 0 Å². The first kappa shape index (κ1) is 17.3. The predicted molar refractivity (Wildman–Crippen MR) is 97.4 cm³/mol. The zero-order valence-corrected chi connectivity index (χ0v) is 12.5. The summed E-state index contributed by atoms with van der Waals surface area (Å²) in [6.07, 6.45) is 32.2. The maximum absolute atomic E-state index is 5.37. The van der Waals surface area contributed by atoms with E-state index in [9.17, 15) is 0 Å². The third-order valence-corrected chi connectivity index (χ3v) is 2.55. The van der Waals surface area contributed by atoms with Crippen LogP contribution in [0.4, 0.5) is 0 Å². The predicted octanol–water partition coefficient (Wildman–Crippen LogP) is 1.70. The molecule has 1 aliphatic rings. The first-order valence-electron chi connectivity index (χ1n) is 6.23. The second-order valence-electron chi connectivity index (χ2n) is 3.87. The van der Waals surface area contributed by atoms with Crippen molar-refractivity contribution >= 4 is 0 Å². The van der Waals surface area contributed by atoms with Gasteiger partial charge in [-0.2, -0.15) is 0 Å². The molecule has 0 radical (unpaired) electrons. The van der Waals surface area contributed by atoms with Crippen molar-refractivity contribution < 1.29 is 0 Å². The van der Waals surface area contributed by atoms with Crippen molar-refractivity contribution in [2.45, 2.75) is 0 Å². The SMILES string of the molecule is C#CC(C#C)=C1C#CC(=C(C#C)C#C)C#CC(=C(C#C)C#C)C#C1. The molecule has 102 valence electrons. The summed E-state index contributed by atoms with van der Waals surface area (Å²) in [5.74, 6) is 30.5. The van der Waals surface area contributed by atoms with E-state index in [4.69, 9.17) is 38.5 Å². The van der Waals surface area contributed by atoms with Crippen LogP contribution >= 0.6 is 0 Å². The number of terminal acetylenes is 6. The van der Waals surface area contributed by atoms with Gasteiger partial charge in [-0.15, -0.1) is 38.5 Å². The molecule has 0 aliphatic heterocycles. The Hall–Kier alpha value is -4.74. The van der Waals surface area contributed by atoms with Crippen LogP contribution < -0.4 is 0 Å². The van der Waals surface area contributed by atoms with E-state index in [1.807, 2.05) is 0 Å². The Bertz CT molecular complexity index is 910. The number of rotatable bonds is 0. The quantitative estimate of drug-likeness (QED) is 0.597. The smallest absolute Gasteiger partial charge is 0.0993 e. The second kappa shape index (κ2) is 8.53. The summed E-state index contributed by atoms with van der Waals surface area (Å²) in [7, 11) is 0. The maximum atomic E-state index is 5.37. The normalized spacial score (nSPS) is 10.0. The van der Waals surface area contributed by atoms with E-state index in [2.05, 4.69) is 71.0 Å². The minimum Gasteiger partial charge on any atom is -0.114 e.